The molecule has 6 amide bonds. The zero-order valence-electron chi connectivity index (χ0n) is 36.8. The maximum atomic E-state index is 13.5. The Bertz CT molecular complexity index is 2290. The van der Waals surface area contributed by atoms with Gasteiger partial charge in [-0.1, -0.05) is 24.3 Å². The van der Waals surface area contributed by atoms with Gasteiger partial charge in [-0.05, 0) is 80.3 Å². The van der Waals surface area contributed by atoms with Crippen LogP contribution < -0.4 is 20.9 Å². The summed E-state index contributed by atoms with van der Waals surface area (Å²) >= 11 is 0. The number of amides is 6. The fourth-order valence-corrected chi connectivity index (χ4v) is 10.4. The number of piperidine rings is 3. The molecule has 0 saturated carbocycles. The second-order valence-electron chi connectivity index (χ2n) is 18.4. The van der Waals surface area contributed by atoms with Crippen molar-refractivity contribution in [1.29, 1.82) is 0 Å². The van der Waals surface area contributed by atoms with E-state index in [2.05, 4.69) is 63.7 Å². The Kier molecular flexibility index (Phi) is 13.5. The highest BCUT2D eigenvalue weighted by atomic mass is 16.3. The minimum atomic E-state index is -0.986. The van der Waals surface area contributed by atoms with Crippen molar-refractivity contribution in [3.05, 3.63) is 82.8 Å². The first-order valence-corrected chi connectivity index (χ1v) is 23.2. The van der Waals surface area contributed by atoms with Crippen molar-refractivity contribution < 1.29 is 33.9 Å². The van der Waals surface area contributed by atoms with Crippen LogP contribution in [0.3, 0.4) is 0 Å². The number of piperazine rings is 1. The number of aromatic nitrogens is 2. The Morgan fingerprint density at radius 1 is 0.800 bits per heavy atom. The summed E-state index contributed by atoms with van der Waals surface area (Å²) < 4.78 is 0. The second-order valence-corrected chi connectivity index (χ2v) is 18.4. The van der Waals surface area contributed by atoms with Crippen molar-refractivity contribution in [1.82, 2.24) is 45.1 Å². The summed E-state index contributed by atoms with van der Waals surface area (Å²) in [6, 6.07) is 14.4. The van der Waals surface area contributed by atoms with Crippen LogP contribution in [0, 0.1) is 5.92 Å². The van der Waals surface area contributed by atoms with Gasteiger partial charge in [-0.25, -0.2) is 9.97 Å². The largest absolute Gasteiger partial charge is 0.390 e. The van der Waals surface area contributed by atoms with Gasteiger partial charge in [-0.3, -0.25) is 53.7 Å². The van der Waals surface area contributed by atoms with E-state index < -0.39 is 35.8 Å². The van der Waals surface area contributed by atoms with E-state index in [1.807, 2.05) is 17.0 Å². The van der Waals surface area contributed by atoms with Crippen molar-refractivity contribution in [3.8, 4) is 0 Å². The smallest absolute Gasteiger partial charge is 0.270 e. The van der Waals surface area contributed by atoms with E-state index in [-0.39, 0.29) is 48.5 Å². The van der Waals surface area contributed by atoms with Crippen molar-refractivity contribution in [2.75, 3.05) is 95.3 Å². The molecule has 1 aromatic heterocycles. The summed E-state index contributed by atoms with van der Waals surface area (Å²) in [5, 5.41) is 19.2. The molecule has 18 nitrogen and oxygen atoms in total. The van der Waals surface area contributed by atoms with Crippen molar-refractivity contribution in [2.24, 2.45) is 5.92 Å². The number of aliphatic hydroxyl groups is 1. The molecule has 0 bridgehead atoms. The summed E-state index contributed by atoms with van der Waals surface area (Å²) in [6.45, 7) is 9.94. The number of carbonyl (C=O) groups is 6. The van der Waals surface area contributed by atoms with Gasteiger partial charge in [0, 0.05) is 103 Å². The van der Waals surface area contributed by atoms with Gasteiger partial charge in [0.1, 0.15) is 23.9 Å². The number of rotatable bonds is 13. The quantitative estimate of drug-likeness (QED) is 0.177. The first-order valence-electron chi connectivity index (χ1n) is 23.2. The molecule has 3 aromatic rings. The van der Waals surface area contributed by atoms with Gasteiger partial charge in [0.25, 0.3) is 17.7 Å². The molecule has 6 aliphatic rings. The van der Waals surface area contributed by atoms with E-state index in [1.54, 1.807) is 18.2 Å². The fraction of sp³-hybridized carbons (Fsp3) is 0.532. The van der Waals surface area contributed by atoms with Crippen LogP contribution in [0.5, 0.6) is 0 Å². The number of anilines is 2. The summed E-state index contributed by atoms with van der Waals surface area (Å²) in [4.78, 5) is 97.8. The van der Waals surface area contributed by atoms with Crippen molar-refractivity contribution >= 4 is 46.9 Å². The van der Waals surface area contributed by atoms with Crippen LogP contribution in [0.1, 0.15) is 80.9 Å². The maximum absolute atomic E-state index is 13.5. The third-order valence-corrected chi connectivity index (χ3v) is 13.9. The number of fused-ring (bicyclic) bond motifs is 2. The van der Waals surface area contributed by atoms with E-state index in [1.165, 1.54) is 17.5 Å². The van der Waals surface area contributed by atoms with Gasteiger partial charge in [0.15, 0.2) is 0 Å². The number of nitrogens with one attached hydrogen (secondary N) is 3. The average molecular weight is 890 g/mol. The van der Waals surface area contributed by atoms with Crippen LogP contribution in [0.25, 0.3) is 0 Å². The molecule has 4 N–H and O–H groups in total. The van der Waals surface area contributed by atoms with Crippen molar-refractivity contribution in [2.45, 2.75) is 69.7 Å². The number of hydrogen-bond acceptors (Lipinski definition) is 14. The fourth-order valence-electron chi connectivity index (χ4n) is 10.4. The Hall–Kier alpha value is -5.82. The van der Waals surface area contributed by atoms with Crippen LogP contribution in [0.15, 0.2) is 54.9 Å². The summed E-state index contributed by atoms with van der Waals surface area (Å²) in [5.41, 5.74) is 4.30. The summed E-state index contributed by atoms with van der Waals surface area (Å²) in [7, 11) is 0. The Morgan fingerprint density at radius 3 is 2.38 bits per heavy atom. The van der Waals surface area contributed by atoms with E-state index in [4.69, 9.17) is 0 Å². The average Bonchev–Trinajstić information content (AvgIpc) is 3.56. The van der Waals surface area contributed by atoms with Crippen LogP contribution in [0.2, 0.25) is 0 Å². The minimum absolute atomic E-state index is 0.0827. The Labute approximate surface area is 378 Å². The molecule has 0 aliphatic carbocycles. The lowest BCUT2D eigenvalue weighted by molar-refractivity contribution is -0.136. The summed E-state index contributed by atoms with van der Waals surface area (Å²) in [5.74, 6) is -1.21. The highest BCUT2D eigenvalue weighted by Gasteiger charge is 2.45. The SMILES string of the molecule is O=C1CCC(N2C(=O)c3ccc(N4CCN(CC5CCCN(CC(=O)N6CCC(Nc7cc(C(=O)NC[C@H](O)CN8CCc9ccccc9C8)ncn7)CC6)C5)CC4)cc3C2=O)C(=O)N1. The normalized spacial score (nSPS) is 22.9. The Balaban J connectivity index is 0.675. The van der Waals surface area contributed by atoms with Gasteiger partial charge >= 0.3 is 0 Å². The molecule has 4 saturated heterocycles. The third-order valence-electron chi connectivity index (χ3n) is 13.9. The number of hydrogen-bond donors (Lipinski definition) is 4. The van der Waals surface area contributed by atoms with Gasteiger partial charge < -0.3 is 25.5 Å². The minimum Gasteiger partial charge on any atom is -0.390 e. The monoisotopic (exact) mass is 889 g/mol. The number of likely N-dealkylation sites (tertiary alicyclic amines) is 2. The molecule has 65 heavy (non-hydrogen) atoms. The second kappa shape index (κ2) is 19.7. The zero-order valence-corrected chi connectivity index (χ0v) is 36.8. The number of β-amino-alcohol motifs (C(OH)–C–C–N with tert-alkyl or cyclic N) is 1. The van der Waals surface area contributed by atoms with Gasteiger partial charge in [0.2, 0.25) is 17.7 Å². The van der Waals surface area contributed by atoms with Gasteiger partial charge in [-0.15, -0.1) is 0 Å². The molecular formula is C47H59N11O7. The maximum Gasteiger partial charge on any atom is 0.270 e. The highest BCUT2D eigenvalue weighted by Crippen LogP contribution is 2.31. The third kappa shape index (κ3) is 10.4. The van der Waals surface area contributed by atoms with E-state index in [0.29, 0.717) is 43.5 Å². The lowest BCUT2D eigenvalue weighted by Gasteiger charge is -2.40. The zero-order chi connectivity index (χ0) is 45.0. The standard InChI is InChI=1S/C47H59N11O7/c59-36(28-55-15-11-32-5-1-2-6-33(32)27-55)24-48-44(62)39-23-41(50-30-49-39)51-34-12-16-57(17-13-34)43(61)29-54-14-3-4-31(26-54)25-53-18-20-56(21-19-53)35-7-8-37-38(22-35)47(65)58(46(37)64)40-9-10-42(60)52-45(40)63/h1-2,5-8,22-23,30-31,34,36,40,59H,3-4,9-21,24-29H2,(H,48,62)(H,49,50,51)(H,52,60,63)/t31?,36-,40?/m0/s1. The molecule has 4 fully saturated rings. The topological polar surface area (TPSA) is 204 Å². The highest BCUT2D eigenvalue weighted by molar-refractivity contribution is 6.23. The van der Waals surface area contributed by atoms with Crippen molar-refractivity contribution in [3.63, 3.8) is 0 Å². The van der Waals surface area contributed by atoms with E-state index >= 15 is 0 Å². The Morgan fingerprint density at radius 2 is 1.58 bits per heavy atom. The molecule has 3 atom stereocenters. The lowest BCUT2D eigenvalue weighted by atomic mass is 9.97. The molecule has 6 aliphatic heterocycles. The molecule has 7 heterocycles. The number of carbonyl (C=O) groups excluding carboxylic acids is 6. The first kappa shape index (κ1) is 44.4. The molecule has 18 heteroatoms. The predicted molar refractivity (Wildman–Crippen MR) is 240 cm³/mol. The molecule has 2 unspecified atom stereocenters. The first-order chi connectivity index (χ1) is 31.5. The van der Waals surface area contributed by atoms with Gasteiger partial charge in [-0.2, -0.15) is 0 Å². The molecule has 2 aromatic carbocycles. The predicted octanol–water partition coefficient (Wildman–Crippen LogP) is 0.964. The van der Waals surface area contributed by atoms with Crippen LogP contribution >= 0.6 is 0 Å². The molecule has 344 valence electrons. The van der Waals surface area contributed by atoms with E-state index in [9.17, 15) is 33.9 Å². The van der Waals surface area contributed by atoms with E-state index in [0.717, 1.165) is 102 Å². The van der Waals surface area contributed by atoms with Crippen LogP contribution in [-0.4, -0.2) is 178 Å². The molecule has 9 rings (SSSR count). The van der Waals surface area contributed by atoms with Gasteiger partial charge in [0.05, 0.1) is 23.8 Å². The lowest BCUT2D eigenvalue weighted by Crippen LogP contribution is -2.54. The number of aliphatic hydroxyl groups excluding tert-OH is 1. The molecule has 0 radical (unpaired) electrons. The summed E-state index contributed by atoms with van der Waals surface area (Å²) in [6.07, 6.45) is 5.52. The number of imide groups is 2. The number of benzene rings is 2. The molecular weight excluding hydrogens is 831 g/mol. The number of nitrogens with zero attached hydrogens (tertiary/aromatic N) is 8. The van der Waals surface area contributed by atoms with Crippen LogP contribution in [0.4, 0.5) is 11.5 Å². The molecule has 0 spiro atoms. The van der Waals surface area contributed by atoms with Crippen LogP contribution in [-0.2, 0) is 27.3 Å².